The Morgan fingerprint density at radius 2 is 1.79 bits per heavy atom. The van der Waals surface area contributed by atoms with Crippen molar-refractivity contribution in [2.45, 2.75) is 6.42 Å². The SMILES string of the molecule is O=C(Cc1cc(F)ccc1Cl)c1cccc(Cl)c1Cl. The van der Waals surface area contributed by atoms with E-state index in [4.69, 9.17) is 34.8 Å². The van der Waals surface area contributed by atoms with Crippen LogP contribution in [-0.4, -0.2) is 5.78 Å². The Morgan fingerprint density at radius 3 is 2.53 bits per heavy atom. The normalized spacial score (nSPS) is 10.5. The average molecular weight is 318 g/mol. The number of halogens is 4. The summed E-state index contributed by atoms with van der Waals surface area (Å²) in [6, 6.07) is 8.69. The Balaban J connectivity index is 2.31. The van der Waals surface area contributed by atoms with Gasteiger partial charge in [-0.1, -0.05) is 40.9 Å². The minimum absolute atomic E-state index is 0.0311. The molecule has 0 aliphatic carbocycles. The van der Waals surface area contributed by atoms with Gasteiger partial charge < -0.3 is 0 Å². The van der Waals surface area contributed by atoms with Gasteiger partial charge in [0.25, 0.3) is 0 Å². The van der Waals surface area contributed by atoms with Crippen LogP contribution in [0.15, 0.2) is 36.4 Å². The third-order valence-electron chi connectivity index (χ3n) is 2.61. The zero-order valence-corrected chi connectivity index (χ0v) is 11.9. The van der Waals surface area contributed by atoms with E-state index in [-0.39, 0.29) is 17.2 Å². The second-order valence-electron chi connectivity index (χ2n) is 3.94. The van der Waals surface area contributed by atoms with Crippen molar-refractivity contribution >= 4 is 40.6 Å². The number of carbonyl (C=O) groups excluding carboxylic acids is 1. The number of carbonyl (C=O) groups is 1. The average Bonchev–Trinajstić information content (AvgIpc) is 2.37. The van der Waals surface area contributed by atoms with E-state index in [1.54, 1.807) is 18.2 Å². The molecule has 0 heterocycles. The van der Waals surface area contributed by atoms with Gasteiger partial charge in [-0.05, 0) is 35.9 Å². The van der Waals surface area contributed by atoms with Gasteiger partial charge >= 0.3 is 0 Å². The van der Waals surface area contributed by atoms with Crippen molar-refractivity contribution in [3.63, 3.8) is 0 Å². The Morgan fingerprint density at radius 1 is 1.05 bits per heavy atom. The minimum atomic E-state index is -0.440. The van der Waals surface area contributed by atoms with Crippen LogP contribution in [0.5, 0.6) is 0 Å². The van der Waals surface area contributed by atoms with E-state index >= 15 is 0 Å². The maximum atomic E-state index is 13.1. The molecule has 0 saturated carbocycles. The first-order valence-corrected chi connectivity index (χ1v) is 6.53. The van der Waals surface area contributed by atoms with Crippen molar-refractivity contribution < 1.29 is 9.18 Å². The predicted octanol–water partition coefficient (Wildman–Crippen LogP) is 5.21. The molecule has 0 amide bonds. The van der Waals surface area contributed by atoms with E-state index < -0.39 is 5.82 Å². The van der Waals surface area contributed by atoms with Crippen LogP contribution < -0.4 is 0 Å². The first-order chi connectivity index (χ1) is 8.99. The van der Waals surface area contributed by atoms with Crippen LogP contribution in [0.4, 0.5) is 4.39 Å². The molecule has 2 aromatic carbocycles. The molecule has 19 heavy (non-hydrogen) atoms. The predicted molar refractivity (Wildman–Crippen MR) is 75.9 cm³/mol. The Hall–Kier alpha value is -1.09. The van der Waals surface area contributed by atoms with E-state index in [9.17, 15) is 9.18 Å². The molecule has 0 spiro atoms. The fraction of sp³-hybridized carbons (Fsp3) is 0.0714. The molecule has 0 saturated heterocycles. The van der Waals surface area contributed by atoms with Crippen LogP contribution in [0.25, 0.3) is 0 Å². The molecule has 0 aliphatic rings. The van der Waals surface area contributed by atoms with E-state index in [1.165, 1.54) is 18.2 Å². The zero-order valence-electron chi connectivity index (χ0n) is 9.59. The third kappa shape index (κ3) is 3.27. The van der Waals surface area contributed by atoms with Crippen LogP contribution in [0.1, 0.15) is 15.9 Å². The maximum absolute atomic E-state index is 13.1. The van der Waals surface area contributed by atoms with E-state index in [0.717, 1.165) is 0 Å². The minimum Gasteiger partial charge on any atom is -0.294 e. The second kappa shape index (κ2) is 5.91. The molecule has 0 aliphatic heterocycles. The van der Waals surface area contributed by atoms with Gasteiger partial charge in [-0.25, -0.2) is 4.39 Å². The van der Waals surface area contributed by atoms with Crippen LogP contribution >= 0.6 is 34.8 Å². The van der Waals surface area contributed by atoms with Gasteiger partial charge in [-0.15, -0.1) is 0 Å². The Bertz CT molecular complexity index is 641. The number of hydrogen-bond donors (Lipinski definition) is 0. The summed E-state index contributed by atoms with van der Waals surface area (Å²) in [5, 5.41) is 0.840. The van der Waals surface area contributed by atoms with Gasteiger partial charge in [0.1, 0.15) is 5.82 Å². The fourth-order valence-corrected chi connectivity index (χ4v) is 2.26. The summed E-state index contributed by atoms with van der Waals surface area (Å²) >= 11 is 17.7. The van der Waals surface area contributed by atoms with Crippen molar-refractivity contribution in [3.05, 3.63) is 68.4 Å². The van der Waals surface area contributed by atoms with Crippen molar-refractivity contribution in [1.82, 2.24) is 0 Å². The first-order valence-electron chi connectivity index (χ1n) is 5.40. The summed E-state index contributed by atoms with van der Waals surface area (Å²) < 4.78 is 13.1. The molecule has 2 aromatic rings. The summed E-state index contributed by atoms with van der Waals surface area (Å²) in [6.07, 6.45) is -0.0311. The summed E-state index contributed by atoms with van der Waals surface area (Å²) in [7, 11) is 0. The highest BCUT2D eigenvalue weighted by molar-refractivity contribution is 6.44. The molecule has 0 aromatic heterocycles. The smallest absolute Gasteiger partial charge is 0.168 e. The lowest BCUT2D eigenvalue weighted by Crippen LogP contribution is -2.05. The third-order valence-corrected chi connectivity index (χ3v) is 3.80. The molecule has 1 nitrogen and oxygen atoms in total. The molecular weight excluding hydrogens is 310 g/mol. The standard InChI is InChI=1S/C14H8Cl3FO/c15-11-5-4-9(18)6-8(11)7-13(19)10-2-1-3-12(16)14(10)17/h1-6H,7H2. The highest BCUT2D eigenvalue weighted by Crippen LogP contribution is 2.27. The lowest BCUT2D eigenvalue weighted by molar-refractivity contribution is 0.0993. The molecule has 0 N–H and O–H groups in total. The topological polar surface area (TPSA) is 17.1 Å². The summed E-state index contributed by atoms with van der Waals surface area (Å²) in [6.45, 7) is 0. The first kappa shape index (κ1) is 14.3. The van der Waals surface area contributed by atoms with Gasteiger partial charge in [-0.2, -0.15) is 0 Å². The Labute approximate surface area is 124 Å². The van der Waals surface area contributed by atoms with Crippen molar-refractivity contribution in [3.8, 4) is 0 Å². The number of hydrogen-bond acceptors (Lipinski definition) is 1. The van der Waals surface area contributed by atoms with Gasteiger partial charge in [0.05, 0.1) is 10.0 Å². The van der Waals surface area contributed by atoms with Gasteiger partial charge in [-0.3, -0.25) is 4.79 Å². The maximum Gasteiger partial charge on any atom is 0.168 e. The largest absolute Gasteiger partial charge is 0.294 e. The van der Waals surface area contributed by atoms with E-state index in [1.807, 2.05) is 0 Å². The van der Waals surface area contributed by atoms with Crippen LogP contribution in [0.3, 0.4) is 0 Å². The quantitative estimate of drug-likeness (QED) is 0.710. The van der Waals surface area contributed by atoms with Crippen LogP contribution in [-0.2, 0) is 6.42 Å². The lowest BCUT2D eigenvalue weighted by atomic mass is 10.0. The lowest BCUT2D eigenvalue weighted by Gasteiger charge is -2.06. The molecule has 98 valence electrons. The number of Topliss-reactive ketones (excluding diaryl/α,β-unsaturated/α-hetero) is 1. The molecule has 2 rings (SSSR count). The highest BCUT2D eigenvalue weighted by atomic mass is 35.5. The molecule has 5 heteroatoms. The fourth-order valence-electron chi connectivity index (χ4n) is 1.67. The summed E-state index contributed by atoms with van der Waals surface area (Å²) in [5.74, 6) is -0.704. The second-order valence-corrected chi connectivity index (χ2v) is 5.13. The van der Waals surface area contributed by atoms with E-state index in [2.05, 4.69) is 0 Å². The van der Waals surface area contributed by atoms with Crippen molar-refractivity contribution in [2.75, 3.05) is 0 Å². The molecule has 0 radical (unpaired) electrons. The number of rotatable bonds is 3. The Kier molecular flexibility index (Phi) is 4.46. The number of ketones is 1. The van der Waals surface area contributed by atoms with Crippen molar-refractivity contribution in [2.24, 2.45) is 0 Å². The summed E-state index contributed by atoms with van der Waals surface area (Å²) in [5.41, 5.74) is 0.720. The molecule has 0 atom stereocenters. The molecule has 0 bridgehead atoms. The monoisotopic (exact) mass is 316 g/mol. The van der Waals surface area contributed by atoms with E-state index in [0.29, 0.717) is 21.2 Å². The van der Waals surface area contributed by atoms with Gasteiger partial charge in [0.15, 0.2) is 5.78 Å². The van der Waals surface area contributed by atoms with Crippen LogP contribution in [0.2, 0.25) is 15.1 Å². The zero-order chi connectivity index (χ0) is 14.0. The van der Waals surface area contributed by atoms with Gasteiger partial charge in [0.2, 0.25) is 0 Å². The summed E-state index contributed by atoms with van der Waals surface area (Å²) in [4.78, 5) is 12.1. The highest BCUT2D eigenvalue weighted by Gasteiger charge is 2.15. The van der Waals surface area contributed by atoms with Gasteiger partial charge in [0, 0.05) is 17.0 Å². The van der Waals surface area contributed by atoms with Crippen LogP contribution in [0, 0.1) is 5.82 Å². The molecule has 0 fully saturated rings. The number of benzene rings is 2. The van der Waals surface area contributed by atoms with Crippen molar-refractivity contribution in [1.29, 1.82) is 0 Å². The molecule has 0 unspecified atom stereocenters. The molecular formula is C14H8Cl3FO.